The van der Waals surface area contributed by atoms with Crippen LogP contribution in [0.5, 0.6) is 0 Å². The van der Waals surface area contributed by atoms with Crippen LogP contribution in [0.2, 0.25) is 0 Å². The summed E-state index contributed by atoms with van der Waals surface area (Å²) >= 11 is 1.65. The van der Waals surface area contributed by atoms with Crippen molar-refractivity contribution in [3.8, 4) is 0 Å². The highest BCUT2D eigenvalue weighted by molar-refractivity contribution is 7.09. The van der Waals surface area contributed by atoms with E-state index in [1.54, 1.807) is 17.7 Å². The first-order valence-corrected chi connectivity index (χ1v) is 8.52. The number of carbonyl (C=O) groups is 1. The van der Waals surface area contributed by atoms with Gasteiger partial charge in [0.15, 0.2) is 5.82 Å². The molecule has 0 bridgehead atoms. The minimum absolute atomic E-state index is 0.0389. The van der Waals surface area contributed by atoms with E-state index >= 15 is 0 Å². The molecule has 0 aliphatic carbocycles. The van der Waals surface area contributed by atoms with Crippen LogP contribution in [0.3, 0.4) is 0 Å². The summed E-state index contributed by atoms with van der Waals surface area (Å²) in [7, 11) is 1.90. The molecule has 1 saturated heterocycles. The van der Waals surface area contributed by atoms with Gasteiger partial charge in [-0.2, -0.15) is 0 Å². The fourth-order valence-electron chi connectivity index (χ4n) is 2.66. The molecule has 2 aromatic heterocycles. The summed E-state index contributed by atoms with van der Waals surface area (Å²) in [5.74, 6) is 0.831. The highest BCUT2D eigenvalue weighted by atomic mass is 32.1. The van der Waals surface area contributed by atoms with Crippen molar-refractivity contribution in [2.24, 2.45) is 7.05 Å². The number of morpholine rings is 1. The van der Waals surface area contributed by atoms with Crippen molar-refractivity contribution >= 4 is 17.2 Å². The van der Waals surface area contributed by atoms with Gasteiger partial charge in [-0.15, -0.1) is 21.5 Å². The Bertz CT molecular complexity index is 642. The minimum Gasteiger partial charge on any atom is -0.368 e. The average molecular weight is 335 g/mol. The molecular weight excluding hydrogens is 314 g/mol. The second-order valence-electron chi connectivity index (χ2n) is 5.63. The third-order valence-electron chi connectivity index (χ3n) is 4.08. The van der Waals surface area contributed by atoms with E-state index < -0.39 is 0 Å². The first-order valence-electron chi connectivity index (χ1n) is 7.65. The molecule has 1 N–H and O–H groups in total. The van der Waals surface area contributed by atoms with Crippen LogP contribution in [0.25, 0.3) is 0 Å². The van der Waals surface area contributed by atoms with Crippen molar-refractivity contribution in [2.75, 3.05) is 19.7 Å². The maximum absolute atomic E-state index is 12.4. The summed E-state index contributed by atoms with van der Waals surface area (Å²) in [6.45, 7) is 4.48. The molecule has 1 amide bonds. The first-order chi connectivity index (χ1) is 11.1. The van der Waals surface area contributed by atoms with E-state index in [0.717, 1.165) is 17.2 Å². The summed E-state index contributed by atoms with van der Waals surface area (Å²) in [6, 6.07) is 3.81. The van der Waals surface area contributed by atoms with Gasteiger partial charge in [-0.3, -0.25) is 9.69 Å². The maximum Gasteiger partial charge on any atom is 0.237 e. The largest absolute Gasteiger partial charge is 0.368 e. The number of hydrogen-bond donors (Lipinski definition) is 1. The number of nitrogens with one attached hydrogen (secondary N) is 1. The Kier molecular flexibility index (Phi) is 5.04. The number of rotatable bonds is 5. The summed E-state index contributed by atoms with van der Waals surface area (Å²) in [5.41, 5.74) is 0. The van der Waals surface area contributed by atoms with Crippen molar-refractivity contribution in [3.63, 3.8) is 0 Å². The maximum atomic E-state index is 12.4. The lowest BCUT2D eigenvalue weighted by molar-refractivity contribution is -0.129. The summed E-state index contributed by atoms with van der Waals surface area (Å²) < 4.78 is 7.64. The van der Waals surface area contributed by atoms with Gasteiger partial charge in [-0.05, 0) is 18.4 Å². The topological polar surface area (TPSA) is 72.3 Å². The molecule has 0 spiro atoms. The Morgan fingerprint density at radius 3 is 3.17 bits per heavy atom. The fourth-order valence-corrected chi connectivity index (χ4v) is 3.31. The number of amides is 1. The van der Waals surface area contributed by atoms with Gasteiger partial charge in [0.25, 0.3) is 0 Å². The molecule has 8 heteroatoms. The number of aryl methyl sites for hydroxylation is 1. The fraction of sp³-hybridized carbons (Fsp3) is 0.533. The van der Waals surface area contributed by atoms with Gasteiger partial charge in [-0.1, -0.05) is 6.07 Å². The molecule has 0 unspecified atom stereocenters. The number of ether oxygens (including phenoxy) is 1. The zero-order valence-corrected chi connectivity index (χ0v) is 14.1. The summed E-state index contributed by atoms with van der Waals surface area (Å²) in [4.78, 5) is 15.7. The van der Waals surface area contributed by atoms with E-state index in [0.29, 0.717) is 19.7 Å². The monoisotopic (exact) mass is 335 g/mol. The predicted octanol–water partition coefficient (Wildman–Crippen LogP) is 0.955. The summed E-state index contributed by atoms with van der Waals surface area (Å²) in [6.07, 6.45) is 1.51. The zero-order valence-electron chi connectivity index (χ0n) is 13.3. The van der Waals surface area contributed by atoms with E-state index in [1.165, 1.54) is 0 Å². The van der Waals surface area contributed by atoms with E-state index in [1.807, 2.05) is 36.1 Å². The van der Waals surface area contributed by atoms with Crippen molar-refractivity contribution in [1.82, 2.24) is 25.0 Å². The van der Waals surface area contributed by atoms with Crippen LogP contribution in [0, 0.1) is 0 Å². The SMILES string of the molecule is C[C@H](C(=O)NCc1cccs1)N1CCO[C@H](c2nncn2C)C1. The van der Waals surface area contributed by atoms with Crippen LogP contribution >= 0.6 is 11.3 Å². The molecule has 1 aliphatic rings. The number of aromatic nitrogens is 3. The molecule has 7 nitrogen and oxygen atoms in total. The van der Waals surface area contributed by atoms with Crippen LogP contribution in [-0.2, 0) is 23.1 Å². The lowest BCUT2D eigenvalue weighted by Gasteiger charge is -2.35. The van der Waals surface area contributed by atoms with Gasteiger partial charge >= 0.3 is 0 Å². The van der Waals surface area contributed by atoms with Crippen molar-refractivity contribution in [1.29, 1.82) is 0 Å². The van der Waals surface area contributed by atoms with Gasteiger partial charge in [0.1, 0.15) is 12.4 Å². The first kappa shape index (κ1) is 16.1. The lowest BCUT2D eigenvalue weighted by atomic mass is 10.2. The molecule has 3 rings (SSSR count). The Morgan fingerprint density at radius 2 is 2.48 bits per heavy atom. The third kappa shape index (κ3) is 3.77. The Morgan fingerprint density at radius 1 is 1.61 bits per heavy atom. The minimum atomic E-state index is -0.199. The smallest absolute Gasteiger partial charge is 0.237 e. The van der Waals surface area contributed by atoms with Crippen LogP contribution in [0.15, 0.2) is 23.8 Å². The Hall–Kier alpha value is -1.77. The van der Waals surface area contributed by atoms with E-state index in [9.17, 15) is 4.79 Å². The molecule has 2 atom stereocenters. The standard InChI is InChI=1S/C15H21N5O2S/c1-11(15(21)16-8-12-4-3-7-23-12)20-5-6-22-13(9-20)14-18-17-10-19(14)2/h3-4,7,10-11,13H,5-6,8-9H2,1-2H3,(H,16,21)/t11-,13+/m1/s1. The molecule has 1 aliphatic heterocycles. The van der Waals surface area contributed by atoms with Gasteiger partial charge in [0.05, 0.1) is 19.2 Å². The van der Waals surface area contributed by atoms with E-state index in [4.69, 9.17) is 4.74 Å². The molecule has 2 aromatic rings. The Balaban J connectivity index is 1.57. The van der Waals surface area contributed by atoms with Crippen molar-refractivity contribution in [3.05, 3.63) is 34.5 Å². The number of thiophene rings is 1. The van der Waals surface area contributed by atoms with Crippen LogP contribution in [0.1, 0.15) is 23.7 Å². The second kappa shape index (κ2) is 7.20. The number of carbonyl (C=O) groups excluding carboxylic acids is 1. The second-order valence-corrected chi connectivity index (χ2v) is 6.66. The molecule has 23 heavy (non-hydrogen) atoms. The highest BCUT2D eigenvalue weighted by Gasteiger charge is 2.30. The van der Waals surface area contributed by atoms with Crippen molar-refractivity contribution in [2.45, 2.75) is 25.6 Å². The number of nitrogens with zero attached hydrogens (tertiary/aromatic N) is 4. The normalized spacial score (nSPS) is 20.3. The van der Waals surface area contributed by atoms with Gasteiger partial charge < -0.3 is 14.6 Å². The van der Waals surface area contributed by atoms with Gasteiger partial charge in [0, 0.05) is 25.0 Å². The quantitative estimate of drug-likeness (QED) is 0.881. The molecule has 124 valence electrons. The average Bonchev–Trinajstić information content (AvgIpc) is 3.23. The van der Waals surface area contributed by atoms with Crippen molar-refractivity contribution < 1.29 is 9.53 Å². The summed E-state index contributed by atoms with van der Waals surface area (Å²) in [5, 5.41) is 13.0. The zero-order chi connectivity index (χ0) is 16.2. The van der Waals surface area contributed by atoms with Crippen LogP contribution < -0.4 is 5.32 Å². The highest BCUT2D eigenvalue weighted by Crippen LogP contribution is 2.21. The van der Waals surface area contributed by atoms with E-state index in [2.05, 4.69) is 20.4 Å². The third-order valence-corrected chi connectivity index (χ3v) is 4.95. The van der Waals surface area contributed by atoms with Gasteiger partial charge in [0.2, 0.25) is 5.91 Å². The predicted molar refractivity (Wildman–Crippen MR) is 86.9 cm³/mol. The lowest BCUT2D eigenvalue weighted by Crippen LogP contribution is -2.50. The molecule has 3 heterocycles. The van der Waals surface area contributed by atoms with Gasteiger partial charge in [-0.25, -0.2) is 0 Å². The molecule has 1 fully saturated rings. The number of hydrogen-bond acceptors (Lipinski definition) is 6. The molecular formula is C15H21N5O2S. The molecule has 0 saturated carbocycles. The molecule has 0 aromatic carbocycles. The van der Waals surface area contributed by atoms with Crippen LogP contribution in [0.4, 0.5) is 0 Å². The Labute approximate surface area is 139 Å². The van der Waals surface area contributed by atoms with Crippen LogP contribution in [-0.4, -0.2) is 51.3 Å². The van der Waals surface area contributed by atoms with E-state index in [-0.39, 0.29) is 18.1 Å². The molecule has 0 radical (unpaired) electrons.